The zero-order valence-corrected chi connectivity index (χ0v) is 7.47. The molecule has 64 valence electrons. The second kappa shape index (κ2) is 2.40. The Morgan fingerprint density at radius 2 is 2.09 bits per heavy atom. The molecule has 1 N–H and O–H groups in total. The van der Waals surface area contributed by atoms with Gasteiger partial charge < -0.3 is 10.1 Å². The summed E-state index contributed by atoms with van der Waals surface area (Å²) in [6.45, 7) is 7.99. The van der Waals surface area contributed by atoms with Gasteiger partial charge in [0, 0.05) is 0 Å². The summed E-state index contributed by atoms with van der Waals surface area (Å²) in [6, 6.07) is 0.134. The van der Waals surface area contributed by atoms with Crippen LogP contribution in [0.15, 0.2) is 0 Å². The lowest BCUT2D eigenvalue weighted by Gasteiger charge is -2.26. The highest BCUT2D eigenvalue weighted by atomic mass is 16.6. The first-order chi connectivity index (χ1) is 4.93. The van der Waals surface area contributed by atoms with Crippen molar-refractivity contribution in [1.29, 1.82) is 0 Å². The van der Waals surface area contributed by atoms with E-state index in [1.54, 1.807) is 0 Å². The average Bonchev–Trinajstić information content (AvgIpc) is 2.04. The molecule has 1 saturated heterocycles. The molecule has 0 aliphatic carbocycles. The first kappa shape index (κ1) is 8.37. The standard InChI is InChI=1S/C8H15NO2/c1-5(2)6-8(3,4)11-7(10)9-6/h5-6H,1-4H3,(H,9,10). The molecule has 1 atom stereocenters. The van der Waals surface area contributed by atoms with Crippen molar-refractivity contribution >= 4 is 6.09 Å². The Morgan fingerprint density at radius 1 is 1.55 bits per heavy atom. The van der Waals surface area contributed by atoms with Crippen LogP contribution in [0.3, 0.4) is 0 Å². The summed E-state index contributed by atoms with van der Waals surface area (Å²) < 4.78 is 5.07. The second-order valence-electron chi connectivity index (χ2n) is 3.86. The summed E-state index contributed by atoms with van der Waals surface area (Å²) in [5.41, 5.74) is -0.356. The van der Waals surface area contributed by atoms with Gasteiger partial charge in [0.25, 0.3) is 0 Å². The lowest BCUT2D eigenvalue weighted by atomic mass is 9.90. The molecule has 11 heavy (non-hydrogen) atoms. The van der Waals surface area contributed by atoms with Crippen LogP contribution in [0.4, 0.5) is 4.79 Å². The van der Waals surface area contributed by atoms with Crippen LogP contribution in [0.25, 0.3) is 0 Å². The van der Waals surface area contributed by atoms with Gasteiger partial charge in [-0.25, -0.2) is 4.79 Å². The summed E-state index contributed by atoms with van der Waals surface area (Å²) in [4.78, 5) is 10.8. The van der Waals surface area contributed by atoms with Gasteiger partial charge in [0.1, 0.15) is 5.60 Å². The van der Waals surface area contributed by atoms with Gasteiger partial charge in [-0.05, 0) is 19.8 Å². The average molecular weight is 157 g/mol. The van der Waals surface area contributed by atoms with E-state index >= 15 is 0 Å². The predicted octanol–water partition coefficient (Wildman–Crippen LogP) is 1.53. The highest BCUT2D eigenvalue weighted by Crippen LogP contribution is 2.26. The van der Waals surface area contributed by atoms with Crippen LogP contribution in [0.1, 0.15) is 27.7 Å². The van der Waals surface area contributed by atoms with E-state index < -0.39 is 0 Å². The number of rotatable bonds is 1. The molecule has 1 aliphatic rings. The molecule has 1 amide bonds. The number of hydrogen-bond donors (Lipinski definition) is 1. The fourth-order valence-electron chi connectivity index (χ4n) is 1.60. The number of nitrogens with one attached hydrogen (secondary N) is 1. The van der Waals surface area contributed by atoms with Crippen LogP contribution < -0.4 is 5.32 Å². The van der Waals surface area contributed by atoms with E-state index in [1.807, 2.05) is 13.8 Å². The van der Waals surface area contributed by atoms with Crippen LogP contribution in [-0.2, 0) is 4.74 Å². The number of cyclic esters (lactones) is 1. The summed E-state index contributed by atoms with van der Waals surface area (Å²) in [5, 5.41) is 2.78. The number of hydrogen-bond acceptors (Lipinski definition) is 2. The van der Waals surface area contributed by atoms with Crippen molar-refractivity contribution in [1.82, 2.24) is 5.32 Å². The molecule has 0 radical (unpaired) electrons. The fourth-order valence-corrected chi connectivity index (χ4v) is 1.60. The van der Waals surface area contributed by atoms with Crippen molar-refractivity contribution in [3.05, 3.63) is 0 Å². The second-order valence-corrected chi connectivity index (χ2v) is 3.86. The van der Waals surface area contributed by atoms with Crippen molar-refractivity contribution in [2.75, 3.05) is 0 Å². The molecule has 0 aromatic rings. The Hall–Kier alpha value is -0.730. The van der Waals surface area contributed by atoms with E-state index in [1.165, 1.54) is 0 Å². The quantitative estimate of drug-likeness (QED) is 0.626. The third-order valence-corrected chi connectivity index (χ3v) is 2.04. The fraction of sp³-hybridized carbons (Fsp3) is 0.875. The lowest BCUT2D eigenvalue weighted by Crippen LogP contribution is -2.42. The van der Waals surface area contributed by atoms with Gasteiger partial charge in [0.2, 0.25) is 0 Å². The van der Waals surface area contributed by atoms with E-state index in [0.717, 1.165) is 0 Å². The van der Waals surface area contributed by atoms with Gasteiger partial charge in [-0.2, -0.15) is 0 Å². The summed E-state index contributed by atoms with van der Waals surface area (Å²) >= 11 is 0. The molecular formula is C8H15NO2. The van der Waals surface area contributed by atoms with Crippen molar-refractivity contribution in [2.45, 2.75) is 39.3 Å². The van der Waals surface area contributed by atoms with Crippen molar-refractivity contribution in [2.24, 2.45) is 5.92 Å². The Balaban J connectivity index is 2.74. The Bertz CT molecular complexity index is 175. The molecule has 1 unspecified atom stereocenters. The van der Waals surface area contributed by atoms with Crippen LogP contribution in [0.2, 0.25) is 0 Å². The first-order valence-electron chi connectivity index (χ1n) is 3.93. The smallest absolute Gasteiger partial charge is 0.408 e. The van der Waals surface area contributed by atoms with Gasteiger partial charge in [0.15, 0.2) is 0 Å². The Kier molecular flexibility index (Phi) is 1.82. The molecule has 0 aromatic heterocycles. The highest BCUT2D eigenvalue weighted by Gasteiger charge is 2.42. The van der Waals surface area contributed by atoms with E-state index in [9.17, 15) is 4.79 Å². The minimum absolute atomic E-state index is 0.134. The van der Waals surface area contributed by atoms with Gasteiger partial charge in [-0.3, -0.25) is 0 Å². The molecule has 3 nitrogen and oxygen atoms in total. The van der Waals surface area contributed by atoms with Crippen LogP contribution in [0, 0.1) is 5.92 Å². The molecule has 0 saturated carbocycles. The highest BCUT2D eigenvalue weighted by molar-refractivity contribution is 5.71. The predicted molar refractivity (Wildman–Crippen MR) is 42.3 cm³/mol. The molecule has 1 heterocycles. The van der Waals surface area contributed by atoms with Crippen LogP contribution in [-0.4, -0.2) is 17.7 Å². The number of amides is 1. The Morgan fingerprint density at radius 3 is 2.27 bits per heavy atom. The van der Waals surface area contributed by atoms with E-state index in [4.69, 9.17) is 4.74 Å². The van der Waals surface area contributed by atoms with E-state index in [0.29, 0.717) is 5.92 Å². The number of carbonyl (C=O) groups is 1. The molecule has 1 fully saturated rings. The van der Waals surface area contributed by atoms with Gasteiger partial charge in [-0.1, -0.05) is 13.8 Å². The summed E-state index contributed by atoms with van der Waals surface area (Å²) in [7, 11) is 0. The van der Waals surface area contributed by atoms with Gasteiger partial charge in [-0.15, -0.1) is 0 Å². The normalized spacial score (nSPS) is 28.5. The lowest BCUT2D eigenvalue weighted by molar-refractivity contribution is 0.0588. The third kappa shape index (κ3) is 1.47. The third-order valence-electron chi connectivity index (χ3n) is 2.04. The monoisotopic (exact) mass is 157 g/mol. The zero-order valence-electron chi connectivity index (χ0n) is 7.47. The number of ether oxygens (including phenoxy) is 1. The van der Waals surface area contributed by atoms with Gasteiger partial charge >= 0.3 is 6.09 Å². The SMILES string of the molecule is CC(C)C1NC(=O)OC1(C)C. The number of carbonyl (C=O) groups excluding carboxylic acids is 1. The topological polar surface area (TPSA) is 38.3 Å². The summed E-state index contributed by atoms with van der Waals surface area (Å²) in [5.74, 6) is 0.413. The minimum atomic E-state index is -0.356. The molecule has 1 aliphatic heterocycles. The maximum atomic E-state index is 10.8. The molecule has 0 aromatic carbocycles. The molecule has 0 spiro atoms. The first-order valence-corrected chi connectivity index (χ1v) is 3.93. The zero-order chi connectivity index (χ0) is 8.65. The Labute approximate surface area is 67.1 Å². The van der Waals surface area contributed by atoms with E-state index in [2.05, 4.69) is 19.2 Å². The maximum absolute atomic E-state index is 10.8. The molecule has 0 bridgehead atoms. The maximum Gasteiger partial charge on any atom is 0.408 e. The van der Waals surface area contributed by atoms with Crippen molar-refractivity contribution in [3.63, 3.8) is 0 Å². The summed E-state index contributed by atoms with van der Waals surface area (Å²) in [6.07, 6.45) is -0.297. The largest absolute Gasteiger partial charge is 0.441 e. The van der Waals surface area contributed by atoms with Crippen LogP contribution in [0.5, 0.6) is 0 Å². The van der Waals surface area contributed by atoms with Crippen molar-refractivity contribution in [3.8, 4) is 0 Å². The number of alkyl carbamates (subject to hydrolysis) is 1. The molecule has 3 heteroatoms. The molecular weight excluding hydrogens is 142 g/mol. The van der Waals surface area contributed by atoms with Crippen molar-refractivity contribution < 1.29 is 9.53 Å². The van der Waals surface area contributed by atoms with Crippen LogP contribution >= 0.6 is 0 Å². The minimum Gasteiger partial charge on any atom is -0.441 e. The van der Waals surface area contributed by atoms with Gasteiger partial charge in [0.05, 0.1) is 6.04 Å². The molecule has 1 rings (SSSR count). The van der Waals surface area contributed by atoms with E-state index in [-0.39, 0.29) is 17.7 Å².